The number of hydrogen-bond acceptors (Lipinski definition) is 4. The van der Waals surface area contributed by atoms with Crippen LogP contribution in [0.15, 0.2) is 42.6 Å². The molecule has 0 bridgehead atoms. The lowest BCUT2D eigenvalue weighted by Gasteiger charge is -2.34. The van der Waals surface area contributed by atoms with Crippen LogP contribution in [0, 0.1) is 5.92 Å². The Morgan fingerprint density at radius 1 is 1.00 bits per heavy atom. The second-order valence-corrected chi connectivity index (χ2v) is 8.10. The zero-order valence-corrected chi connectivity index (χ0v) is 16.5. The van der Waals surface area contributed by atoms with Crippen LogP contribution in [0.1, 0.15) is 56.3 Å². The van der Waals surface area contributed by atoms with Gasteiger partial charge in [0.15, 0.2) is 0 Å². The van der Waals surface area contributed by atoms with Gasteiger partial charge in [0.25, 0.3) is 0 Å². The van der Waals surface area contributed by atoms with E-state index in [2.05, 4.69) is 27.3 Å². The van der Waals surface area contributed by atoms with E-state index in [1.165, 1.54) is 24.8 Å². The molecular formula is C23H30N4O. The number of carbonyl (C=O) groups is 1. The number of rotatable bonds is 5. The molecule has 2 fully saturated rings. The summed E-state index contributed by atoms with van der Waals surface area (Å²) >= 11 is 0. The molecule has 1 aromatic heterocycles. The Morgan fingerprint density at radius 2 is 1.75 bits per heavy atom. The molecule has 28 heavy (non-hydrogen) atoms. The van der Waals surface area contributed by atoms with Gasteiger partial charge in [-0.3, -0.25) is 4.79 Å². The Morgan fingerprint density at radius 3 is 2.50 bits per heavy atom. The van der Waals surface area contributed by atoms with Gasteiger partial charge < -0.3 is 10.2 Å². The Bertz CT molecular complexity index is 765. The average molecular weight is 379 g/mol. The summed E-state index contributed by atoms with van der Waals surface area (Å²) in [6.07, 6.45) is 10.4. The van der Waals surface area contributed by atoms with E-state index in [1.54, 1.807) is 0 Å². The lowest BCUT2D eigenvalue weighted by Crippen LogP contribution is -2.46. The summed E-state index contributed by atoms with van der Waals surface area (Å²) in [5.41, 5.74) is 1.23. The van der Waals surface area contributed by atoms with Crippen LogP contribution in [0.5, 0.6) is 0 Å². The number of nitrogens with zero attached hydrogens (tertiary/aromatic N) is 3. The molecule has 0 spiro atoms. The third-order valence-electron chi connectivity index (χ3n) is 6.04. The molecule has 0 atom stereocenters. The fraction of sp³-hybridized carbons (Fsp3) is 0.522. The number of nitrogens with one attached hydrogen (secondary N) is 1. The third-order valence-corrected chi connectivity index (χ3v) is 6.04. The fourth-order valence-electron chi connectivity index (χ4n) is 4.36. The maximum Gasteiger partial charge on any atom is 0.223 e. The van der Waals surface area contributed by atoms with Crippen molar-refractivity contribution in [2.75, 3.05) is 18.0 Å². The zero-order chi connectivity index (χ0) is 19.2. The molecule has 1 aromatic carbocycles. The van der Waals surface area contributed by atoms with Gasteiger partial charge in [-0.05, 0) is 37.3 Å². The van der Waals surface area contributed by atoms with E-state index in [0.717, 1.165) is 56.8 Å². The van der Waals surface area contributed by atoms with Crippen LogP contribution in [0.4, 0.5) is 5.82 Å². The summed E-state index contributed by atoms with van der Waals surface area (Å²) in [4.78, 5) is 24.0. The van der Waals surface area contributed by atoms with Crippen LogP contribution < -0.4 is 10.2 Å². The van der Waals surface area contributed by atoms with Crippen molar-refractivity contribution < 1.29 is 4.79 Å². The minimum absolute atomic E-state index is 0.245. The standard InChI is InChI=1S/C23H30N4O/c28-23(19-9-5-2-6-10-19)25-20-12-15-27(16-13-20)22-11-14-24-21(26-22)17-18-7-3-1-4-8-18/h1,3-4,7-8,11,14,19-20H,2,5-6,9-10,12-13,15-17H2,(H,25,28). The predicted molar refractivity (Wildman–Crippen MR) is 111 cm³/mol. The summed E-state index contributed by atoms with van der Waals surface area (Å²) < 4.78 is 0. The van der Waals surface area contributed by atoms with Crippen molar-refractivity contribution in [1.29, 1.82) is 0 Å². The first-order valence-electron chi connectivity index (χ1n) is 10.7. The van der Waals surface area contributed by atoms with Gasteiger partial charge >= 0.3 is 0 Å². The SMILES string of the molecule is O=C(NC1CCN(c2ccnc(Cc3ccccc3)n2)CC1)C1CCCCC1. The summed E-state index contributed by atoms with van der Waals surface area (Å²) in [5.74, 6) is 2.38. The van der Waals surface area contributed by atoms with E-state index in [-0.39, 0.29) is 11.8 Å². The van der Waals surface area contributed by atoms with Crippen molar-refractivity contribution in [2.24, 2.45) is 5.92 Å². The first kappa shape index (κ1) is 18.9. The zero-order valence-electron chi connectivity index (χ0n) is 16.5. The van der Waals surface area contributed by atoms with Crippen LogP contribution in [0.3, 0.4) is 0 Å². The van der Waals surface area contributed by atoms with Gasteiger partial charge in [0, 0.05) is 37.7 Å². The quantitative estimate of drug-likeness (QED) is 0.861. The largest absolute Gasteiger partial charge is 0.356 e. The smallest absolute Gasteiger partial charge is 0.223 e. The highest BCUT2D eigenvalue weighted by Gasteiger charge is 2.26. The molecule has 2 heterocycles. The Kier molecular flexibility index (Phi) is 6.20. The van der Waals surface area contributed by atoms with Gasteiger partial charge in [-0.15, -0.1) is 0 Å². The monoisotopic (exact) mass is 378 g/mol. The molecule has 4 rings (SSSR count). The maximum atomic E-state index is 12.5. The molecule has 1 amide bonds. The van der Waals surface area contributed by atoms with Gasteiger partial charge in [0.1, 0.15) is 11.6 Å². The second-order valence-electron chi connectivity index (χ2n) is 8.10. The summed E-state index contributed by atoms with van der Waals surface area (Å²) in [7, 11) is 0. The molecule has 1 aliphatic heterocycles. The molecule has 1 N–H and O–H groups in total. The Labute approximate surface area is 167 Å². The lowest BCUT2D eigenvalue weighted by atomic mass is 9.88. The Hall–Kier alpha value is -2.43. The van der Waals surface area contributed by atoms with Crippen molar-refractivity contribution >= 4 is 11.7 Å². The molecule has 2 aliphatic rings. The first-order chi connectivity index (χ1) is 13.8. The van der Waals surface area contributed by atoms with Crippen LogP contribution in [-0.4, -0.2) is 35.0 Å². The molecule has 2 aromatic rings. The molecule has 0 radical (unpaired) electrons. The van der Waals surface area contributed by atoms with Gasteiger partial charge in [-0.25, -0.2) is 9.97 Å². The van der Waals surface area contributed by atoms with Crippen LogP contribution >= 0.6 is 0 Å². The molecular weight excluding hydrogens is 348 g/mol. The minimum Gasteiger partial charge on any atom is -0.356 e. The van der Waals surface area contributed by atoms with Crippen LogP contribution in [-0.2, 0) is 11.2 Å². The van der Waals surface area contributed by atoms with E-state index in [9.17, 15) is 4.79 Å². The van der Waals surface area contributed by atoms with E-state index in [1.807, 2.05) is 30.5 Å². The van der Waals surface area contributed by atoms with Gasteiger partial charge in [0.2, 0.25) is 5.91 Å². The second kappa shape index (κ2) is 9.18. The van der Waals surface area contributed by atoms with Crippen molar-refractivity contribution in [3.63, 3.8) is 0 Å². The molecule has 1 saturated carbocycles. The normalized spacial score (nSPS) is 18.8. The number of aromatic nitrogens is 2. The van der Waals surface area contributed by atoms with E-state index in [0.29, 0.717) is 6.04 Å². The average Bonchev–Trinajstić information content (AvgIpc) is 2.76. The number of carbonyl (C=O) groups excluding carboxylic acids is 1. The van der Waals surface area contributed by atoms with E-state index >= 15 is 0 Å². The number of amides is 1. The maximum absolute atomic E-state index is 12.5. The third kappa shape index (κ3) is 4.89. The number of anilines is 1. The van der Waals surface area contributed by atoms with Crippen LogP contribution in [0.2, 0.25) is 0 Å². The van der Waals surface area contributed by atoms with E-state index < -0.39 is 0 Å². The highest BCUT2D eigenvalue weighted by atomic mass is 16.1. The summed E-state index contributed by atoms with van der Waals surface area (Å²) in [6.45, 7) is 1.86. The molecule has 1 saturated heterocycles. The molecule has 0 unspecified atom stereocenters. The molecule has 1 aliphatic carbocycles. The van der Waals surface area contributed by atoms with Gasteiger partial charge in [-0.1, -0.05) is 49.6 Å². The number of benzene rings is 1. The first-order valence-corrected chi connectivity index (χ1v) is 10.7. The number of hydrogen-bond donors (Lipinski definition) is 1. The summed E-state index contributed by atoms with van der Waals surface area (Å²) in [5, 5.41) is 3.31. The van der Waals surface area contributed by atoms with Gasteiger partial charge in [-0.2, -0.15) is 0 Å². The highest BCUT2D eigenvalue weighted by Crippen LogP contribution is 2.25. The molecule has 5 nitrogen and oxygen atoms in total. The van der Waals surface area contributed by atoms with Crippen molar-refractivity contribution in [1.82, 2.24) is 15.3 Å². The fourth-order valence-corrected chi connectivity index (χ4v) is 4.36. The van der Waals surface area contributed by atoms with Crippen molar-refractivity contribution in [3.8, 4) is 0 Å². The highest BCUT2D eigenvalue weighted by molar-refractivity contribution is 5.79. The van der Waals surface area contributed by atoms with Crippen molar-refractivity contribution in [3.05, 3.63) is 54.0 Å². The number of piperidine rings is 1. The lowest BCUT2D eigenvalue weighted by molar-refractivity contribution is -0.126. The van der Waals surface area contributed by atoms with E-state index in [4.69, 9.17) is 4.98 Å². The molecule has 148 valence electrons. The van der Waals surface area contributed by atoms with Gasteiger partial charge in [0.05, 0.1) is 0 Å². The predicted octanol–water partition coefficient (Wildman–Crippen LogP) is 3.73. The minimum atomic E-state index is 0.245. The summed E-state index contributed by atoms with van der Waals surface area (Å²) in [6, 6.07) is 12.6. The molecule has 5 heteroatoms. The van der Waals surface area contributed by atoms with Crippen molar-refractivity contribution in [2.45, 2.75) is 57.4 Å². The Balaban J connectivity index is 1.30. The topological polar surface area (TPSA) is 58.1 Å². The van der Waals surface area contributed by atoms with Crippen LogP contribution in [0.25, 0.3) is 0 Å².